The maximum absolute atomic E-state index is 10.1. The molecule has 2 aromatic heterocycles. The van der Waals surface area contributed by atoms with Crippen molar-refractivity contribution in [3.8, 4) is 5.88 Å². The lowest BCUT2D eigenvalue weighted by molar-refractivity contribution is 0.455. The van der Waals surface area contributed by atoms with E-state index >= 15 is 0 Å². The second kappa shape index (κ2) is 5.73. The number of rotatable bonds is 5. The lowest BCUT2D eigenvalue weighted by atomic mass is 10.3. The van der Waals surface area contributed by atoms with Crippen LogP contribution in [0.5, 0.6) is 5.88 Å². The van der Waals surface area contributed by atoms with Crippen LogP contribution < -0.4 is 4.90 Å². The van der Waals surface area contributed by atoms with E-state index in [1.165, 1.54) is 0 Å². The second-order valence-electron chi connectivity index (χ2n) is 4.45. The van der Waals surface area contributed by atoms with E-state index in [0.717, 1.165) is 25.9 Å². The molecule has 0 amide bonds. The number of hydrogen-bond donors (Lipinski definition) is 1. The Morgan fingerprint density at radius 3 is 2.42 bits per heavy atom. The Hall–Kier alpha value is -1.37. The Labute approximate surface area is 120 Å². The molecule has 0 fully saturated rings. The highest BCUT2D eigenvalue weighted by atomic mass is 79.9. The number of anilines is 1. The molecule has 0 bridgehead atoms. The number of aromatic nitrogens is 4. The van der Waals surface area contributed by atoms with Crippen molar-refractivity contribution >= 4 is 32.9 Å². The summed E-state index contributed by atoms with van der Waals surface area (Å²) in [5, 5.41) is 14.3. The van der Waals surface area contributed by atoms with Gasteiger partial charge >= 0.3 is 0 Å². The van der Waals surface area contributed by atoms with Crippen molar-refractivity contribution in [2.75, 3.05) is 18.0 Å². The van der Waals surface area contributed by atoms with Gasteiger partial charge in [-0.25, -0.2) is 4.98 Å². The predicted molar refractivity (Wildman–Crippen MR) is 78.5 cm³/mol. The number of nitrogens with zero attached hydrogens (tertiary/aromatic N) is 5. The highest BCUT2D eigenvalue weighted by Gasteiger charge is 2.17. The predicted octanol–water partition coefficient (Wildman–Crippen LogP) is 2.46. The summed E-state index contributed by atoms with van der Waals surface area (Å²) < 4.78 is 2.19. The fourth-order valence-electron chi connectivity index (χ4n) is 2.10. The zero-order valence-electron chi connectivity index (χ0n) is 11.4. The summed E-state index contributed by atoms with van der Waals surface area (Å²) in [7, 11) is 1.76. The van der Waals surface area contributed by atoms with Crippen molar-refractivity contribution in [1.29, 1.82) is 0 Å². The van der Waals surface area contributed by atoms with Crippen LogP contribution in [0.4, 0.5) is 5.95 Å². The maximum Gasteiger partial charge on any atom is 0.242 e. The summed E-state index contributed by atoms with van der Waals surface area (Å²) in [6, 6.07) is 0. The summed E-state index contributed by atoms with van der Waals surface area (Å²) >= 11 is 3.36. The first-order valence-electron chi connectivity index (χ1n) is 6.42. The molecule has 0 aromatic carbocycles. The minimum atomic E-state index is -0.0297. The third kappa shape index (κ3) is 2.65. The minimum absolute atomic E-state index is 0.0297. The maximum atomic E-state index is 10.1. The standard InChI is InChI=1S/C12H18BrN5O/c1-4-6-18(7-5-2)12-14-8-9(11(19)15-12)17(3)16-10(8)13/h4-7H2,1-3H3,(H,14,15,19). The number of halogens is 1. The lowest BCUT2D eigenvalue weighted by Gasteiger charge is -2.21. The first-order chi connectivity index (χ1) is 9.08. The van der Waals surface area contributed by atoms with E-state index in [-0.39, 0.29) is 5.88 Å². The molecule has 7 heteroatoms. The number of aryl methyl sites for hydroxylation is 1. The Balaban J connectivity index is 2.52. The third-order valence-corrected chi connectivity index (χ3v) is 3.41. The molecule has 19 heavy (non-hydrogen) atoms. The van der Waals surface area contributed by atoms with Crippen molar-refractivity contribution in [3.63, 3.8) is 0 Å². The quantitative estimate of drug-likeness (QED) is 0.913. The van der Waals surface area contributed by atoms with Crippen LogP contribution in [0.25, 0.3) is 11.0 Å². The van der Waals surface area contributed by atoms with E-state index in [9.17, 15) is 5.11 Å². The van der Waals surface area contributed by atoms with Gasteiger partial charge < -0.3 is 10.0 Å². The van der Waals surface area contributed by atoms with Gasteiger partial charge in [-0.1, -0.05) is 13.8 Å². The Bertz CT molecular complexity index is 577. The fraction of sp³-hybridized carbons (Fsp3) is 0.583. The second-order valence-corrected chi connectivity index (χ2v) is 5.20. The highest BCUT2D eigenvalue weighted by molar-refractivity contribution is 9.10. The molecule has 0 radical (unpaired) electrons. The molecule has 0 saturated heterocycles. The van der Waals surface area contributed by atoms with Gasteiger partial charge in [-0.15, -0.1) is 0 Å². The molecule has 6 nitrogen and oxygen atoms in total. The van der Waals surface area contributed by atoms with E-state index in [1.54, 1.807) is 11.7 Å². The SMILES string of the molecule is CCCN(CCC)c1nc(O)c2c(n1)c(Br)nn2C. The van der Waals surface area contributed by atoms with Crippen LogP contribution in [-0.4, -0.2) is 37.9 Å². The van der Waals surface area contributed by atoms with E-state index < -0.39 is 0 Å². The first kappa shape index (κ1) is 14.0. The van der Waals surface area contributed by atoms with Crippen molar-refractivity contribution in [3.05, 3.63) is 4.60 Å². The van der Waals surface area contributed by atoms with Crippen molar-refractivity contribution in [2.24, 2.45) is 7.05 Å². The molecule has 104 valence electrons. The molecule has 0 aliphatic rings. The van der Waals surface area contributed by atoms with Crippen LogP contribution in [-0.2, 0) is 7.05 Å². The van der Waals surface area contributed by atoms with Crippen molar-refractivity contribution < 1.29 is 5.11 Å². The van der Waals surface area contributed by atoms with E-state index in [2.05, 4.69) is 49.7 Å². The van der Waals surface area contributed by atoms with E-state index in [0.29, 0.717) is 21.6 Å². The zero-order chi connectivity index (χ0) is 14.0. The van der Waals surface area contributed by atoms with Crippen LogP contribution in [0.1, 0.15) is 26.7 Å². The molecule has 0 spiro atoms. The molecular formula is C12H18BrN5O. The molecule has 0 atom stereocenters. The zero-order valence-corrected chi connectivity index (χ0v) is 13.0. The number of fused-ring (bicyclic) bond motifs is 1. The summed E-state index contributed by atoms with van der Waals surface area (Å²) in [6.07, 6.45) is 2.02. The average molecular weight is 328 g/mol. The highest BCUT2D eigenvalue weighted by Crippen LogP contribution is 2.28. The minimum Gasteiger partial charge on any atom is -0.492 e. The first-order valence-corrected chi connectivity index (χ1v) is 7.21. The van der Waals surface area contributed by atoms with Crippen LogP contribution in [0, 0.1) is 0 Å². The normalized spacial score (nSPS) is 11.2. The molecule has 0 aliphatic carbocycles. The van der Waals surface area contributed by atoms with Crippen LogP contribution >= 0.6 is 15.9 Å². The van der Waals surface area contributed by atoms with Gasteiger partial charge in [0.25, 0.3) is 0 Å². The van der Waals surface area contributed by atoms with Gasteiger partial charge in [0.2, 0.25) is 11.8 Å². The van der Waals surface area contributed by atoms with E-state index in [1.807, 2.05) is 0 Å². The van der Waals surface area contributed by atoms with Gasteiger partial charge in [-0.05, 0) is 28.8 Å². The lowest BCUT2D eigenvalue weighted by Crippen LogP contribution is -2.26. The molecule has 2 aromatic rings. The van der Waals surface area contributed by atoms with Crippen molar-refractivity contribution in [1.82, 2.24) is 19.7 Å². The van der Waals surface area contributed by atoms with E-state index in [4.69, 9.17) is 0 Å². The fourth-order valence-corrected chi connectivity index (χ4v) is 2.61. The monoisotopic (exact) mass is 327 g/mol. The average Bonchev–Trinajstić information content (AvgIpc) is 2.65. The molecular weight excluding hydrogens is 310 g/mol. The molecule has 2 rings (SSSR count). The molecule has 1 N–H and O–H groups in total. The smallest absolute Gasteiger partial charge is 0.242 e. The van der Waals surface area contributed by atoms with Gasteiger partial charge in [0.15, 0.2) is 4.60 Å². The number of aromatic hydroxyl groups is 1. The van der Waals surface area contributed by atoms with Gasteiger partial charge in [0.1, 0.15) is 11.0 Å². The topological polar surface area (TPSA) is 67.1 Å². The van der Waals surface area contributed by atoms with Crippen LogP contribution in [0.15, 0.2) is 4.60 Å². The molecule has 0 saturated carbocycles. The Morgan fingerprint density at radius 2 is 1.84 bits per heavy atom. The van der Waals surface area contributed by atoms with Gasteiger partial charge in [-0.2, -0.15) is 10.1 Å². The summed E-state index contributed by atoms with van der Waals surface area (Å²) in [4.78, 5) is 10.8. The third-order valence-electron chi connectivity index (χ3n) is 2.88. The van der Waals surface area contributed by atoms with Crippen molar-refractivity contribution in [2.45, 2.75) is 26.7 Å². The van der Waals surface area contributed by atoms with Gasteiger partial charge in [0.05, 0.1) is 0 Å². The summed E-state index contributed by atoms with van der Waals surface area (Å²) in [5.41, 5.74) is 1.19. The van der Waals surface area contributed by atoms with Crippen LogP contribution in [0.2, 0.25) is 0 Å². The molecule has 0 unspecified atom stereocenters. The Morgan fingerprint density at radius 1 is 1.21 bits per heavy atom. The summed E-state index contributed by atoms with van der Waals surface area (Å²) in [5.74, 6) is 0.528. The largest absolute Gasteiger partial charge is 0.492 e. The molecule has 0 aliphatic heterocycles. The van der Waals surface area contributed by atoms with Crippen LogP contribution in [0.3, 0.4) is 0 Å². The van der Waals surface area contributed by atoms with Gasteiger partial charge in [-0.3, -0.25) is 4.68 Å². The molecule has 2 heterocycles. The summed E-state index contributed by atoms with van der Waals surface area (Å²) in [6.45, 7) is 5.97. The Kier molecular flexibility index (Phi) is 4.24. The van der Waals surface area contributed by atoms with Gasteiger partial charge in [0, 0.05) is 20.1 Å². The number of hydrogen-bond acceptors (Lipinski definition) is 5.